The van der Waals surface area contributed by atoms with Crippen LogP contribution < -0.4 is 0 Å². The molecule has 2 heteroatoms. The fourth-order valence-electron chi connectivity index (χ4n) is 0.386. The molecule has 0 aromatic rings. The Morgan fingerprint density at radius 3 is 2.30 bits per heavy atom. The second-order valence-corrected chi connectivity index (χ2v) is 2.75. The summed E-state index contributed by atoms with van der Waals surface area (Å²) in [5, 5.41) is 0. The van der Waals surface area contributed by atoms with Crippen molar-refractivity contribution < 1.29 is 9.53 Å². The lowest BCUT2D eigenvalue weighted by molar-refractivity contribution is -0.112. The third-order valence-electron chi connectivity index (χ3n) is 1.25. The van der Waals surface area contributed by atoms with Crippen LogP contribution in [0.2, 0.25) is 0 Å². The van der Waals surface area contributed by atoms with E-state index in [0.717, 1.165) is 0 Å². The summed E-state index contributed by atoms with van der Waals surface area (Å²) in [5.74, 6) is 0.0464. The van der Waals surface area contributed by atoms with E-state index < -0.39 is 0 Å². The van der Waals surface area contributed by atoms with Gasteiger partial charge in [0.15, 0.2) is 5.78 Å². The molecule has 0 aliphatic rings. The van der Waals surface area contributed by atoms with Crippen molar-refractivity contribution in [3.05, 3.63) is 12.2 Å². The van der Waals surface area contributed by atoms with E-state index in [9.17, 15) is 4.79 Å². The number of ketones is 1. The van der Waals surface area contributed by atoms with Crippen LogP contribution in [-0.2, 0) is 9.53 Å². The van der Waals surface area contributed by atoms with Gasteiger partial charge >= 0.3 is 0 Å². The first-order valence-corrected chi connectivity index (χ1v) is 3.23. The minimum atomic E-state index is -0.328. The molecule has 0 bridgehead atoms. The molecule has 58 valence electrons. The first-order chi connectivity index (χ1) is 4.48. The van der Waals surface area contributed by atoms with Crippen LogP contribution in [0, 0.1) is 0 Å². The van der Waals surface area contributed by atoms with Gasteiger partial charge in [0, 0.05) is 7.11 Å². The summed E-state index contributed by atoms with van der Waals surface area (Å²) in [6, 6.07) is 0. The molecule has 0 amide bonds. The molecular weight excluding hydrogens is 128 g/mol. The van der Waals surface area contributed by atoms with Crippen LogP contribution in [0.5, 0.6) is 0 Å². The molecule has 0 saturated heterocycles. The van der Waals surface area contributed by atoms with Gasteiger partial charge in [0.2, 0.25) is 0 Å². The summed E-state index contributed by atoms with van der Waals surface area (Å²) >= 11 is 0. The lowest BCUT2D eigenvalue weighted by Gasteiger charge is -2.16. The molecule has 0 fully saturated rings. The maximum Gasteiger partial charge on any atom is 0.152 e. The molecule has 0 unspecified atom stereocenters. The minimum absolute atomic E-state index is 0.0464. The highest BCUT2D eigenvalue weighted by Crippen LogP contribution is 2.08. The van der Waals surface area contributed by atoms with Crippen LogP contribution in [-0.4, -0.2) is 18.5 Å². The summed E-state index contributed by atoms with van der Waals surface area (Å²) < 4.78 is 5.05. The molecule has 0 N–H and O–H groups in total. The highest BCUT2D eigenvalue weighted by molar-refractivity contribution is 5.87. The van der Waals surface area contributed by atoms with Crippen LogP contribution in [0.15, 0.2) is 12.2 Å². The van der Waals surface area contributed by atoms with Crippen molar-refractivity contribution in [3.63, 3.8) is 0 Å². The van der Waals surface area contributed by atoms with E-state index in [4.69, 9.17) is 4.74 Å². The van der Waals surface area contributed by atoms with Gasteiger partial charge in [0.05, 0.1) is 5.60 Å². The van der Waals surface area contributed by atoms with Crippen LogP contribution in [0.25, 0.3) is 0 Å². The molecule has 10 heavy (non-hydrogen) atoms. The predicted molar refractivity (Wildman–Crippen MR) is 40.9 cm³/mol. The number of methoxy groups -OCH3 is 1. The number of hydrogen-bond donors (Lipinski definition) is 0. The second-order valence-electron chi connectivity index (χ2n) is 2.75. The van der Waals surface area contributed by atoms with E-state index in [-0.39, 0.29) is 11.4 Å². The number of rotatable bonds is 3. The van der Waals surface area contributed by atoms with Crippen LogP contribution in [0.1, 0.15) is 20.8 Å². The van der Waals surface area contributed by atoms with Gasteiger partial charge in [-0.2, -0.15) is 0 Å². The summed E-state index contributed by atoms with van der Waals surface area (Å²) in [4.78, 5) is 10.5. The molecular formula is C8H14O2. The SMILES string of the molecule is COC(C)(C)C=CC(C)=O. The molecule has 0 aliphatic carbocycles. The van der Waals surface area contributed by atoms with Gasteiger partial charge in [-0.15, -0.1) is 0 Å². The first-order valence-electron chi connectivity index (χ1n) is 3.23. The van der Waals surface area contributed by atoms with E-state index in [1.54, 1.807) is 13.2 Å². The molecule has 0 spiro atoms. The van der Waals surface area contributed by atoms with Crippen molar-refractivity contribution in [1.82, 2.24) is 0 Å². The first kappa shape index (κ1) is 9.37. The number of hydrogen-bond acceptors (Lipinski definition) is 2. The van der Waals surface area contributed by atoms with Crippen molar-refractivity contribution in [2.24, 2.45) is 0 Å². The van der Waals surface area contributed by atoms with Crippen molar-refractivity contribution in [1.29, 1.82) is 0 Å². The average molecular weight is 142 g/mol. The minimum Gasteiger partial charge on any atom is -0.375 e. The zero-order chi connectivity index (χ0) is 8.20. The van der Waals surface area contributed by atoms with Gasteiger partial charge < -0.3 is 4.74 Å². The van der Waals surface area contributed by atoms with E-state index >= 15 is 0 Å². The van der Waals surface area contributed by atoms with E-state index in [0.29, 0.717) is 0 Å². The zero-order valence-corrected chi connectivity index (χ0v) is 6.97. The van der Waals surface area contributed by atoms with Crippen molar-refractivity contribution in [2.45, 2.75) is 26.4 Å². The Labute approximate surface area is 61.9 Å². The number of allylic oxidation sites excluding steroid dienone is 1. The Kier molecular flexibility index (Phi) is 3.30. The normalized spacial score (nSPS) is 12.4. The zero-order valence-electron chi connectivity index (χ0n) is 6.97. The number of carbonyl (C=O) groups excluding carboxylic acids is 1. The molecule has 0 saturated carbocycles. The number of carbonyl (C=O) groups is 1. The summed E-state index contributed by atoms with van der Waals surface area (Å²) in [5.41, 5.74) is -0.328. The van der Waals surface area contributed by atoms with Crippen LogP contribution in [0.4, 0.5) is 0 Å². The molecule has 0 heterocycles. The second kappa shape index (κ2) is 3.52. The molecule has 0 rings (SSSR count). The quantitative estimate of drug-likeness (QED) is 0.559. The maximum absolute atomic E-state index is 10.5. The Morgan fingerprint density at radius 1 is 1.50 bits per heavy atom. The largest absolute Gasteiger partial charge is 0.375 e. The topological polar surface area (TPSA) is 26.3 Å². The lowest BCUT2D eigenvalue weighted by atomic mass is 10.1. The van der Waals surface area contributed by atoms with Gasteiger partial charge in [0.25, 0.3) is 0 Å². The van der Waals surface area contributed by atoms with Gasteiger partial charge in [-0.3, -0.25) is 4.79 Å². The van der Waals surface area contributed by atoms with Gasteiger partial charge in [-0.05, 0) is 32.9 Å². The van der Waals surface area contributed by atoms with Crippen molar-refractivity contribution >= 4 is 5.78 Å². The van der Waals surface area contributed by atoms with Gasteiger partial charge in [-0.1, -0.05) is 0 Å². The van der Waals surface area contributed by atoms with Gasteiger partial charge in [0.1, 0.15) is 0 Å². The molecule has 0 aromatic carbocycles. The monoisotopic (exact) mass is 142 g/mol. The summed E-state index contributed by atoms with van der Waals surface area (Å²) in [7, 11) is 1.62. The molecule has 0 aliphatic heterocycles. The Hall–Kier alpha value is -0.630. The maximum atomic E-state index is 10.5. The van der Waals surface area contributed by atoms with Crippen molar-refractivity contribution in [2.75, 3.05) is 7.11 Å². The fraction of sp³-hybridized carbons (Fsp3) is 0.625. The standard InChI is InChI=1S/C8H14O2/c1-7(9)5-6-8(2,3)10-4/h5-6H,1-4H3. The molecule has 0 radical (unpaired) electrons. The third-order valence-corrected chi connectivity index (χ3v) is 1.25. The summed E-state index contributed by atoms with van der Waals surface area (Å²) in [6.45, 7) is 5.31. The predicted octanol–water partition coefficient (Wildman–Crippen LogP) is 1.56. The summed E-state index contributed by atoms with van der Waals surface area (Å²) in [6.07, 6.45) is 3.26. The Balaban J connectivity index is 3.99. The van der Waals surface area contributed by atoms with E-state index in [1.807, 2.05) is 13.8 Å². The highest BCUT2D eigenvalue weighted by atomic mass is 16.5. The molecule has 0 aromatic heterocycles. The third kappa shape index (κ3) is 4.27. The molecule has 2 nitrogen and oxygen atoms in total. The molecule has 0 atom stereocenters. The van der Waals surface area contributed by atoms with Gasteiger partial charge in [-0.25, -0.2) is 0 Å². The Morgan fingerprint density at radius 2 is 2.00 bits per heavy atom. The van der Waals surface area contributed by atoms with Crippen LogP contribution in [0.3, 0.4) is 0 Å². The smallest absolute Gasteiger partial charge is 0.152 e. The van der Waals surface area contributed by atoms with Crippen LogP contribution >= 0.6 is 0 Å². The Bertz CT molecular complexity index is 145. The van der Waals surface area contributed by atoms with Crippen molar-refractivity contribution in [3.8, 4) is 0 Å². The van der Waals surface area contributed by atoms with E-state index in [1.165, 1.54) is 13.0 Å². The fourth-order valence-corrected chi connectivity index (χ4v) is 0.386. The number of ether oxygens (including phenoxy) is 1. The van der Waals surface area contributed by atoms with E-state index in [2.05, 4.69) is 0 Å². The highest BCUT2D eigenvalue weighted by Gasteiger charge is 2.10. The average Bonchev–Trinajstić information content (AvgIpc) is 1.85. The lowest BCUT2D eigenvalue weighted by Crippen LogP contribution is -2.18.